The highest BCUT2D eigenvalue weighted by Gasteiger charge is 2.33. The van der Waals surface area contributed by atoms with Gasteiger partial charge in [-0.05, 0) is 54.0 Å². The van der Waals surface area contributed by atoms with Crippen LogP contribution in [0.25, 0.3) is 0 Å². The molecule has 5 heteroatoms. The third kappa shape index (κ3) is 3.16. The summed E-state index contributed by atoms with van der Waals surface area (Å²) in [4.78, 5) is 12.3. The zero-order valence-corrected chi connectivity index (χ0v) is 13.0. The second kappa shape index (κ2) is 6.03. The number of hydrogen-bond acceptors (Lipinski definition) is 3. The minimum absolute atomic E-state index is 0.00417. The van der Waals surface area contributed by atoms with Gasteiger partial charge in [-0.15, -0.1) is 0 Å². The van der Waals surface area contributed by atoms with E-state index in [0.29, 0.717) is 13.2 Å². The lowest BCUT2D eigenvalue weighted by atomic mass is 10.0. The summed E-state index contributed by atoms with van der Waals surface area (Å²) in [6.07, 6.45) is 0. The average Bonchev–Trinajstić information content (AvgIpc) is 2.81. The SMILES string of the molecule is CNC1COCC1C(=O)Nc1c(C)cc(C)cc1Br. The van der Waals surface area contributed by atoms with Crippen molar-refractivity contribution in [2.75, 3.05) is 25.6 Å². The normalized spacial score (nSPS) is 22.5. The van der Waals surface area contributed by atoms with E-state index in [9.17, 15) is 4.79 Å². The molecule has 19 heavy (non-hydrogen) atoms. The van der Waals surface area contributed by atoms with Crippen LogP contribution in [0.1, 0.15) is 11.1 Å². The van der Waals surface area contributed by atoms with Crippen molar-refractivity contribution in [3.8, 4) is 0 Å². The van der Waals surface area contributed by atoms with Gasteiger partial charge in [-0.1, -0.05) is 6.07 Å². The van der Waals surface area contributed by atoms with Crippen molar-refractivity contribution >= 4 is 27.5 Å². The van der Waals surface area contributed by atoms with Crippen LogP contribution in [0.2, 0.25) is 0 Å². The molecule has 104 valence electrons. The topological polar surface area (TPSA) is 50.4 Å². The predicted octanol–water partition coefficient (Wildman–Crippen LogP) is 2.24. The summed E-state index contributed by atoms with van der Waals surface area (Å²) in [5, 5.41) is 6.13. The molecule has 1 aromatic carbocycles. The van der Waals surface area contributed by atoms with Crippen LogP contribution in [0.5, 0.6) is 0 Å². The highest BCUT2D eigenvalue weighted by atomic mass is 79.9. The monoisotopic (exact) mass is 326 g/mol. The first-order valence-electron chi connectivity index (χ1n) is 6.35. The molecule has 1 heterocycles. The van der Waals surface area contributed by atoms with E-state index in [1.165, 1.54) is 5.56 Å². The fraction of sp³-hybridized carbons (Fsp3) is 0.500. The lowest BCUT2D eigenvalue weighted by Crippen LogP contribution is -2.39. The Kier molecular flexibility index (Phi) is 4.60. The Hall–Kier alpha value is -0.910. The number of halogens is 1. The molecule has 1 aliphatic heterocycles. The van der Waals surface area contributed by atoms with Crippen molar-refractivity contribution in [2.24, 2.45) is 5.92 Å². The number of likely N-dealkylation sites (N-methyl/N-ethyl adjacent to an activating group) is 1. The number of ether oxygens (including phenoxy) is 1. The summed E-state index contributed by atoms with van der Waals surface area (Å²) >= 11 is 3.51. The Morgan fingerprint density at radius 2 is 2.11 bits per heavy atom. The molecule has 2 N–H and O–H groups in total. The summed E-state index contributed by atoms with van der Waals surface area (Å²) in [6, 6.07) is 4.15. The van der Waals surface area contributed by atoms with Gasteiger partial charge in [0.1, 0.15) is 0 Å². The second-order valence-corrected chi connectivity index (χ2v) is 5.82. The molecule has 0 aromatic heterocycles. The van der Waals surface area contributed by atoms with Gasteiger partial charge in [0, 0.05) is 10.5 Å². The quantitative estimate of drug-likeness (QED) is 0.895. The maximum absolute atomic E-state index is 12.3. The summed E-state index contributed by atoms with van der Waals surface area (Å²) in [7, 11) is 1.85. The molecule has 1 fully saturated rings. The third-order valence-electron chi connectivity index (χ3n) is 3.47. The molecule has 1 aromatic rings. The molecule has 1 aliphatic rings. The molecule has 0 spiro atoms. The van der Waals surface area contributed by atoms with Crippen molar-refractivity contribution in [3.63, 3.8) is 0 Å². The number of benzene rings is 1. The number of amides is 1. The molecule has 2 atom stereocenters. The van der Waals surface area contributed by atoms with Gasteiger partial charge in [0.2, 0.25) is 5.91 Å². The zero-order valence-electron chi connectivity index (χ0n) is 11.4. The van der Waals surface area contributed by atoms with Crippen LogP contribution in [-0.4, -0.2) is 32.2 Å². The molecule has 2 unspecified atom stereocenters. The molecule has 1 saturated heterocycles. The van der Waals surface area contributed by atoms with Crippen LogP contribution in [0.15, 0.2) is 16.6 Å². The number of nitrogens with one attached hydrogen (secondary N) is 2. The van der Waals surface area contributed by atoms with Gasteiger partial charge < -0.3 is 15.4 Å². The van der Waals surface area contributed by atoms with Crippen LogP contribution in [0, 0.1) is 19.8 Å². The molecule has 1 amide bonds. The van der Waals surface area contributed by atoms with E-state index in [-0.39, 0.29) is 17.9 Å². The standard InChI is InChI=1S/C14H19BrN2O2/c1-8-4-9(2)13(11(15)5-8)17-14(18)10-6-19-7-12(10)16-3/h4-5,10,12,16H,6-7H2,1-3H3,(H,17,18). The Morgan fingerprint density at radius 1 is 1.37 bits per heavy atom. The number of hydrogen-bond donors (Lipinski definition) is 2. The largest absolute Gasteiger partial charge is 0.379 e. The molecular formula is C14H19BrN2O2. The Balaban J connectivity index is 2.15. The number of aryl methyl sites for hydroxylation is 2. The maximum atomic E-state index is 12.3. The first-order chi connectivity index (χ1) is 9.02. The third-order valence-corrected chi connectivity index (χ3v) is 4.09. The van der Waals surface area contributed by atoms with Crippen LogP contribution in [0.3, 0.4) is 0 Å². The van der Waals surface area contributed by atoms with Gasteiger partial charge in [0.05, 0.1) is 24.8 Å². The molecular weight excluding hydrogens is 308 g/mol. The van der Waals surface area contributed by atoms with Crippen molar-refractivity contribution in [3.05, 3.63) is 27.7 Å². The van der Waals surface area contributed by atoms with Gasteiger partial charge in [-0.2, -0.15) is 0 Å². The van der Waals surface area contributed by atoms with Crippen molar-refractivity contribution < 1.29 is 9.53 Å². The lowest BCUT2D eigenvalue weighted by molar-refractivity contribution is -0.120. The first kappa shape index (κ1) is 14.5. The van der Waals surface area contributed by atoms with Crippen LogP contribution < -0.4 is 10.6 Å². The average molecular weight is 327 g/mol. The van der Waals surface area contributed by atoms with Crippen LogP contribution >= 0.6 is 15.9 Å². The second-order valence-electron chi connectivity index (χ2n) is 4.97. The van der Waals surface area contributed by atoms with E-state index in [1.807, 2.05) is 27.0 Å². The molecule has 0 radical (unpaired) electrons. The van der Waals surface area contributed by atoms with Crippen LogP contribution in [-0.2, 0) is 9.53 Å². The van der Waals surface area contributed by atoms with Crippen molar-refractivity contribution in [1.82, 2.24) is 5.32 Å². The fourth-order valence-electron chi connectivity index (χ4n) is 2.39. The Labute approximate surface area is 122 Å². The number of carbonyl (C=O) groups excluding carboxylic acids is 1. The smallest absolute Gasteiger partial charge is 0.231 e. The molecule has 0 bridgehead atoms. The van der Waals surface area contributed by atoms with Crippen molar-refractivity contribution in [2.45, 2.75) is 19.9 Å². The Bertz CT molecular complexity index is 467. The van der Waals surface area contributed by atoms with Gasteiger partial charge in [0.25, 0.3) is 0 Å². The van der Waals surface area contributed by atoms with E-state index >= 15 is 0 Å². The molecule has 2 rings (SSSR count). The van der Waals surface area contributed by atoms with E-state index in [1.54, 1.807) is 0 Å². The minimum Gasteiger partial charge on any atom is -0.379 e. The van der Waals surface area contributed by atoms with Crippen molar-refractivity contribution in [1.29, 1.82) is 0 Å². The fourth-order valence-corrected chi connectivity index (χ4v) is 3.16. The summed E-state index contributed by atoms with van der Waals surface area (Å²) in [5.41, 5.74) is 3.07. The van der Waals surface area contributed by atoms with Crippen LogP contribution in [0.4, 0.5) is 5.69 Å². The highest BCUT2D eigenvalue weighted by Crippen LogP contribution is 2.28. The van der Waals surface area contributed by atoms with E-state index in [4.69, 9.17) is 4.74 Å². The summed E-state index contributed by atoms with van der Waals surface area (Å²) in [5.74, 6) is -0.137. The maximum Gasteiger partial charge on any atom is 0.231 e. The first-order valence-corrected chi connectivity index (χ1v) is 7.15. The van der Waals surface area contributed by atoms with Gasteiger partial charge >= 0.3 is 0 Å². The zero-order chi connectivity index (χ0) is 14.0. The number of rotatable bonds is 3. The predicted molar refractivity (Wildman–Crippen MR) is 79.4 cm³/mol. The lowest BCUT2D eigenvalue weighted by Gasteiger charge is -2.18. The summed E-state index contributed by atoms with van der Waals surface area (Å²) in [6.45, 7) is 5.09. The molecule has 4 nitrogen and oxygen atoms in total. The van der Waals surface area contributed by atoms with Gasteiger partial charge in [-0.25, -0.2) is 0 Å². The van der Waals surface area contributed by atoms with E-state index < -0.39 is 0 Å². The highest BCUT2D eigenvalue weighted by molar-refractivity contribution is 9.10. The minimum atomic E-state index is -0.141. The summed E-state index contributed by atoms with van der Waals surface area (Å²) < 4.78 is 6.28. The van der Waals surface area contributed by atoms with E-state index in [2.05, 4.69) is 32.6 Å². The molecule has 0 saturated carbocycles. The Morgan fingerprint density at radius 3 is 2.74 bits per heavy atom. The van der Waals surface area contributed by atoms with Gasteiger partial charge in [-0.3, -0.25) is 4.79 Å². The molecule has 0 aliphatic carbocycles. The van der Waals surface area contributed by atoms with E-state index in [0.717, 1.165) is 15.7 Å². The number of carbonyl (C=O) groups is 1. The number of anilines is 1. The van der Waals surface area contributed by atoms with Gasteiger partial charge in [0.15, 0.2) is 0 Å².